The van der Waals surface area contributed by atoms with Crippen molar-refractivity contribution in [2.75, 3.05) is 19.9 Å². The first-order valence-corrected chi connectivity index (χ1v) is 8.71. The molecule has 0 spiro atoms. The van der Waals surface area contributed by atoms with Gasteiger partial charge in [0.2, 0.25) is 12.7 Å². The molecule has 0 saturated carbocycles. The lowest BCUT2D eigenvalue weighted by Gasteiger charge is -2.24. The molecule has 4 rings (SSSR count). The highest BCUT2D eigenvalue weighted by Gasteiger charge is 2.22. The Morgan fingerprint density at radius 1 is 1.12 bits per heavy atom. The van der Waals surface area contributed by atoms with Crippen molar-refractivity contribution in [3.8, 4) is 22.6 Å². The summed E-state index contributed by atoms with van der Waals surface area (Å²) in [4.78, 5) is 14.4. The molecule has 2 aromatic rings. The predicted molar refractivity (Wildman–Crippen MR) is 95.7 cm³/mol. The van der Waals surface area contributed by atoms with E-state index in [1.807, 2.05) is 18.2 Å². The van der Waals surface area contributed by atoms with Gasteiger partial charge in [0.1, 0.15) is 0 Å². The van der Waals surface area contributed by atoms with E-state index in [2.05, 4.69) is 24.0 Å². The van der Waals surface area contributed by atoms with Crippen LogP contribution in [0.3, 0.4) is 0 Å². The Hall–Kier alpha value is -2.53. The molecular weight excluding hydrogens is 316 g/mol. The van der Waals surface area contributed by atoms with E-state index in [1.165, 1.54) is 18.4 Å². The van der Waals surface area contributed by atoms with Crippen LogP contribution in [0.5, 0.6) is 11.5 Å². The summed E-state index contributed by atoms with van der Waals surface area (Å²) < 4.78 is 10.8. The molecular formula is C20H22N2O3. The van der Waals surface area contributed by atoms with Gasteiger partial charge in [-0.1, -0.05) is 18.2 Å². The smallest absolute Gasteiger partial charge is 0.249 e. The van der Waals surface area contributed by atoms with Crippen molar-refractivity contribution >= 4 is 5.91 Å². The monoisotopic (exact) mass is 338 g/mol. The Morgan fingerprint density at radius 2 is 1.84 bits per heavy atom. The minimum atomic E-state index is -0.466. The van der Waals surface area contributed by atoms with Crippen molar-refractivity contribution in [3.05, 3.63) is 47.5 Å². The van der Waals surface area contributed by atoms with Gasteiger partial charge < -0.3 is 15.2 Å². The number of nitrogens with two attached hydrogens (primary N) is 1. The van der Waals surface area contributed by atoms with Crippen molar-refractivity contribution in [1.29, 1.82) is 0 Å². The first kappa shape index (κ1) is 16.0. The molecule has 0 unspecified atom stereocenters. The van der Waals surface area contributed by atoms with Crippen LogP contribution in [-0.2, 0) is 0 Å². The van der Waals surface area contributed by atoms with E-state index in [0.717, 1.165) is 24.2 Å². The normalized spacial score (nSPS) is 17.6. The molecule has 0 aromatic heterocycles. The average molecular weight is 338 g/mol. The molecule has 0 aliphatic carbocycles. The zero-order valence-corrected chi connectivity index (χ0v) is 14.3. The molecule has 2 aliphatic heterocycles. The van der Waals surface area contributed by atoms with E-state index in [0.29, 0.717) is 23.1 Å². The SMILES string of the molecule is C[C@@H](c1cccc(-c2cc3c(cc2C(N)=O)OCO3)c1)N1CCCC1. The van der Waals surface area contributed by atoms with Gasteiger partial charge in [0, 0.05) is 6.04 Å². The number of primary amides is 1. The molecule has 1 atom stereocenters. The molecule has 2 aliphatic rings. The largest absolute Gasteiger partial charge is 0.454 e. The lowest BCUT2D eigenvalue weighted by Crippen LogP contribution is -2.23. The first-order chi connectivity index (χ1) is 12.1. The van der Waals surface area contributed by atoms with Crippen LogP contribution >= 0.6 is 0 Å². The van der Waals surface area contributed by atoms with Crippen LogP contribution in [-0.4, -0.2) is 30.7 Å². The van der Waals surface area contributed by atoms with Crippen LogP contribution in [0.15, 0.2) is 36.4 Å². The van der Waals surface area contributed by atoms with E-state index in [-0.39, 0.29) is 6.79 Å². The van der Waals surface area contributed by atoms with Gasteiger partial charge >= 0.3 is 0 Å². The number of carbonyl (C=O) groups excluding carboxylic acids is 1. The summed E-state index contributed by atoms with van der Waals surface area (Å²) in [5.74, 6) is 0.753. The van der Waals surface area contributed by atoms with Crippen LogP contribution < -0.4 is 15.2 Å². The van der Waals surface area contributed by atoms with Crippen molar-refractivity contribution < 1.29 is 14.3 Å². The Labute approximate surface area is 147 Å². The standard InChI is InChI=1S/C20H22N2O3/c1-13(22-7-2-3-8-22)14-5-4-6-15(9-14)16-10-18-19(25-12-24-18)11-17(16)20(21)23/h4-6,9-11,13H,2-3,7-8,12H2,1H3,(H2,21,23)/t13-/m0/s1. The summed E-state index contributed by atoms with van der Waals surface area (Å²) >= 11 is 0. The summed E-state index contributed by atoms with van der Waals surface area (Å²) in [5.41, 5.74) is 9.05. The highest BCUT2D eigenvalue weighted by molar-refractivity contribution is 6.01. The summed E-state index contributed by atoms with van der Waals surface area (Å²) in [7, 11) is 0. The highest BCUT2D eigenvalue weighted by Crippen LogP contribution is 2.39. The summed E-state index contributed by atoms with van der Waals surface area (Å²) in [6.45, 7) is 4.69. The number of fused-ring (bicyclic) bond motifs is 1. The van der Waals surface area contributed by atoms with Crippen LogP contribution in [0.25, 0.3) is 11.1 Å². The van der Waals surface area contributed by atoms with Crippen molar-refractivity contribution in [3.63, 3.8) is 0 Å². The summed E-state index contributed by atoms with van der Waals surface area (Å²) in [6.07, 6.45) is 2.52. The van der Waals surface area contributed by atoms with Crippen LogP contribution in [0.1, 0.15) is 41.7 Å². The summed E-state index contributed by atoms with van der Waals surface area (Å²) in [5, 5.41) is 0. The van der Waals surface area contributed by atoms with Crippen molar-refractivity contribution in [1.82, 2.24) is 4.90 Å². The van der Waals surface area contributed by atoms with Crippen LogP contribution in [0.2, 0.25) is 0 Å². The van der Waals surface area contributed by atoms with Gasteiger partial charge in [-0.3, -0.25) is 9.69 Å². The van der Waals surface area contributed by atoms with Crippen LogP contribution in [0, 0.1) is 0 Å². The molecule has 2 aromatic carbocycles. The van der Waals surface area contributed by atoms with Gasteiger partial charge in [0.05, 0.1) is 5.56 Å². The second-order valence-corrected chi connectivity index (χ2v) is 6.66. The van der Waals surface area contributed by atoms with Gasteiger partial charge in [0.15, 0.2) is 11.5 Å². The molecule has 1 fully saturated rings. The molecule has 0 bridgehead atoms. The fourth-order valence-electron chi connectivity index (χ4n) is 3.69. The fourth-order valence-corrected chi connectivity index (χ4v) is 3.69. The molecule has 130 valence electrons. The maximum absolute atomic E-state index is 11.9. The third kappa shape index (κ3) is 2.96. The Balaban J connectivity index is 1.75. The second kappa shape index (κ2) is 6.41. The quantitative estimate of drug-likeness (QED) is 0.928. The topological polar surface area (TPSA) is 64.8 Å². The molecule has 0 radical (unpaired) electrons. The summed E-state index contributed by atoms with van der Waals surface area (Å²) in [6, 6.07) is 12.2. The number of nitrogens with zero attached hydrogens (tertiary/aromatic N) is 1. The number of amides is 1. The number of hydrogen-bond donors (Lipinski definition) is 1. The van der Waals surface area contributed by atoms with Crippen molar-refractivity contribution in [2.24, 2.45) is 5.73 Å². The highest BCUT2D eigenvalue weighted by atomic mass is 16.7. The average Bonchev–Trinajstić information content (AvgIpc) is 3.31. The third-order valence-electron chi connectivity index (χ3n) is 5.15. The van der Waals surface area contributed by atoms with E-state index >= 15 is 0 Å². The molecule has 5 heteroatoms. The zero-order chi connectivity index (χ0) is 17.4. The fraction of sp³-hybridized carbons (Fsp3) is 0.350. The number of likely N-dealkylation sites (tertiary alicyclic amines) is 1. The van der Waals surface area contributed by atoms with Gasteiger partial charge in [-0.25, -0.2) is 0 Å². The van der Waals surface area contributed by atoms with Gasteiger partial charge in [0.25, 0.3) is 0 Å². The maximum Gasteiger partial charge on any atom is 0.249 e. The first-order valence-electron chi connectivity index (χ1n) is 8.71. The van der Waals surface area contributed by atoms with Crippen LogP contribution in [0.4, 0.5) is 0 Å². The lowest BCUT2D eigenvalue weighted by atomic mass is 9.95. The molecule has 2 heterocycles. The molecule has 1 amide bonds. The van der Waals surface area contributed by atoms with Gasteiger partial charge in [-0.05, 0) is 67.7 Å². The number of rotatable bonds is 4. The van der Waals surface area contributed by atoms with Gasteiger partial charge in [-0.15, -0.1) is 0 Å². The maximum atomic E-state index is 11.9. The Morgan fingerprint density at radius 3 is 2.56 bits per heavy atom. The Kier molecular flexibility index (Phi) is 4.09. The third-order valence-corrected chi connectivity index (χ3v) is 5.15. The lowest BCUT2D eigenvalue weighted by molar-refractivity contribution is 0.100. The number of ether oxygens (including phenoxy) is 2. The second-order valence-electron chi connectivity index (χ2n) is 6.66. The van der Waals surface area contributed by atoms with Gasteiger partial charge in [-0.2, -0.15) is 0 Å². The minimum Gasteiger partial charge on any atom is -0.454 e. The minimum absolute atomic E-state index is 0.170. The molecule has 2 N–H and O–H groups in total. The molecule has 5 nitrogen and oxygen atoms in total. The van der Waals surface area contributed by atoms with Crippen molar-refractivity contribution in [2.45, 2.75) is 25.8 Å². The molecule has 1 saturated heterocycles. The molecule has 25 heavy (non-hydrogen) atoms. The van der Waals surface area contributed by atoms with E-state index in [9.17, 15) is 4.79 Å². The zero-order valence-electron chi connectivity index (χ0n) is 14.3. The number of benzene rings is 2. The number of carbonyl (C=O) groups is 1. The van der Waals surface area contributed by atoms with E-state index < -0.39 is 5.91 Å². The number of hydrogen-bond acceptors (Lipinski definition) is 4. The predicted octanol–water partition coefficient (Wildman–Crippen LogP) is 3.34. The Bertz CT molecular complexity index is 813. The van der Waals surface area contributed by atoms with E-state index in [4.69, 9.17) is 15.2 Å². The van der Waals surface area contributed by atoms with E-state index in [1.54, 1.807) is 6.07 Å².